The van der Waals surface area contributed by atoms with Crippen LogP contribution in [-0.2, 0) is 9.84 Å². The molecule has 0 saturated carbocycles. The van der Waals surface area contributed by atoms with E-state index in [-0.39, 0.29) is 22.9 Å². The van der Waals surface area contributed by atoms with Crippen molar-refractivity contribution in [2.75, 3.05) is 6.61 Å². The molecule has 2 aromatic rings. The molecule has 0 aromatic heterocycles. The maximum Gasteiger partial charge on any atom is 0.200 e. The average molecular weight is 314 g/mol. The lowest BCUT2D eigenvalue weighted by Gasteiger charge is -2.18. The van der Waals surface area contributed by atoms with Gasteiger partial charge in [-0.05, 0) is 31.2 Å². The minimum atomic E-state index is -3.67. The Morgan fingerprint density at radius 3 is 2.45 bits per heavy atom. The summed E-state index contributed by atoms with van der Waals surface area (Å²) in [6, 6.07) is 13.3. The zero-order chi connectivity index (χ0) is 15.7. The van der Waals surface area contributed by atoms with Gasteiger partial charge in [0.1, 0.15) is 12.4 Å². The Kier molecular flexibility index (Phi) is 3.58. The number of carbonyl (C=O) groups is 1. The van der Waals surface area contributed by atoms with Crippen LogP contribution in [0.3, 0.4) is 0 Å². The van der Waals surface area contributed by atoms with E-state index in [1.165, 1.54) is 12.1 Å². The number of ether oxygens (including phenoxy) is 1. The molecule has 0 bridgehead atoms. The van der Waals surface area contributed by atoms with Crippen LogP contribution < -0.4 is 4.74 Å². The fraction of sp³-hybridized carbons (Fsp3) is 0.118. The molecule has 1 heterocycles. The first-order chi connectivity index (χ1) is 10.5. The fourth-order valence-electron chi connectivity index (χ4n) is 2.24. The second-order valence-corrected chi connectivity index (χ2v) is 6.91. The molecule has 0 N–H and O–H groups in total. The smallest absolute Gasteiger partial charge is 0.200 e. The maximum atomic E-state index is 12.4. The third kappa shape index (κ3) is 2.67. The highest BCUT2D eigenvalue weighted by Gasteiger charge is 2.25. The van der Waals surface area contributed by atoms with E-state index in [9.17, 15) is 13.2 Å². The quantitative estimate of drug-likeness (QED) is 0.800. The van der Waals surface area contributed by atoms with Crippen LogP contribution in [0.4, 0.5) is 0 Å². The van der Waals surface area contributed by atoms with Gasteiger partial charge in [-0.15, -0.1) is 0 Å². The molecular formula is C17H14O4S. The van der Waals surface area contributed by atoms with Crippen LogP contribution >= 0.6 is 0 Å². The maximum absolute atomic E-state index is 12.4. The van der Waals surface area contributed by atoms with Gasteiger partial charge in [-0.2, -0.15) is 0 Å². The van der Waals surface area contributed by atoms with Gasteiger partial charge in [0.2, 0.25) is 0 Å². The van der Waals surface area contributed by atoms with E-state index in [1.807, 2.05) is 6.92 Å². The van der Waals surface area contributed by atoms with E-state index in [2.05, 4.69) is 0 Å². The van der Waals surface area contributed by atoms with Crippen molar-refractivity contribution in [2.45, 2.75) is 11.8 Å². The Morgan fingerprint density at radius 1 is 1.05 bits per heavy atom. The number of aryl methyl sites for hydroxylation is 1. The number of carbonyl (C=O) groups excluding carboxylic acids is 1. The summed E-state index contributed by atoms with van der Waals surface area (Å²) in [5.74, 6) is 0.176. The monoisotopic (exact) mass is 314 g/mol. The predicted molar refractivity (Wildman–Crippen MR) is 82.7 cm³/mol. The summed E-state index contributed by atoms with van der Waals surface area (Å²) >= 11 is 0. The Labute approximate surface area is 129 Å². The van der Waals surface area contributed by atoms with E-state index in [4.69, 9.17) is 4.74 Å². The number of benzene rings is 2. The molecule has 0 spiro atoms. The number of rotatable bonds is 2. The largest absolute Gasteiger partial charge is 0.488 e. The number of ketones is 1. The van der Waals surface area contributed by atoms with Crippen LogP contribution in [0.1, 0.15) is 15.9 Å². The molecule has 4 nitrogen and oxygen atoms in total. The average Bonchev–Trinajstić information content (AvgIpc) is 2.51. The minimum Gasteiger partial charge on any atom is -0.488 e. The van der Waals surface area contributed by atoms with Crippen molar-refractivity contribution in [3.63, 3.8) is 0 Å². The number of hydrogen-bond acceptors (Lipinski definition) is 4. The Morgan fingerprint density at radius 2 is 1.73 bits per heavy atom. The summed E-state index contributed by atoms with van der Waals surface area (Å²) in [6.45, 7) is 1.84. The number of hydrogen-bond donors (Lipinski definition) is 0. The van der Waals surface area contributed by atoms with E-state index < -0.39 is 9.84 Å². The van der Waals surface area contributed by atoms with Crippen LogP contribution in [0.2, 0.25) is 0 Å². The number of fused-ring (bicyclic) bond motifs is 1. The van der Waals surface area contributed by atoms with Gasteiger partial charge in [-0.3, -0.25) is 4.79 Å². The van der Waals surface area contributed by atoms with Crippen molar-refractivity contribution < 1.29 is 17.9 Å². The Bertz CT molecular complexity index is 862. The van der Waals surface area contributed by atoms with E-state index >= 15 is 0 Å². The lowest BCUT2D eigenvalue weighted by Crippen LogP contribution is -2.20. The second-order valence-electron chi connectivity index (χ2n) is 5.12. The standard InChI is InChI=1S/C17H14O4S/c1-12-6-8-14(9-7-12)22(19,20)11-13-10-21-16-5-3-2-4-15(16)17(13)18/h2-9,11H,10H2,1H3/b13-11-. The van der Waals surface area contributed by atoms with Gasteiger partial charge in [-0.25, -0.2) is 8.42 Å². The zero-order valence-corrected chi connectivity index (χ0v) is 12.8. The van der Waals surface area contributed by atoms with Gasteiger partial charge in [-0.1, -0.05) is 29.8 Å². The first kappa shape index (κ1) is 14.5. The zero-order valence-electron chi connectivity index (χ0n) is 11.9. The molecule has 0 amide bonds. The van der Waals surface area contributed by atoms with Crippen LogP contribution in [0.5, 0.6) is 5.75 Å². The van der Waals surface area contributed by atoms with E-state index in [0.29, 0.717) is 11.3 Å². The second kappa shape index (κ2) is 5.42. The third-order valence-corrected chi connectivity index (χ3v) is 4.98. The molecule has 0 saturated heterocycles. The van der Waals surface area contributed by atoms with Crippen molar-refractivity contribution in [3.05, 3.63) is 70.6 Å². The number of sulfone groups is 1. The number of para-hydroxylation sites is 1. The van der Waals surface area contributed by atoms with Crippen LogP contribution in [0.15, 0.2) is 64.4 Å². The molecule has 0 radical (unpaired) electrons. The first-order valence-electron chi connectivity index (χ1n) is 6.76. The van der Waals surface area contributed by atoms with E-state index in [1.54, 1.807) is 36.4 Å². The highest BCUT2D eigenvalue weighted by molar-refractivity contribution is 7.94. The SMILES string of the molecule is Cc1ccc(S(=O)(=O)/C=C2/COc3ccccc3C2=O)cc1. The molecule has 0 aliphatic carbocycles. The predicted octanol–water partition coefficient (Wildman–Crippen LogP) is 2.93. The number of Topliss-reactive ketones (excluding diaryl/α,β-unsaturated/α-hetero) is 1. The molecule has 5 heteroatoms. The van der Waals surface area contributed by atoms with Gasteiger partial charge in [0.25, 0.3) is 0 Å². The minimum absolute atomic E-state index is 0.0407. The normalized spacial score (nSPS) is 16.2. The lowest BCUT2D eigenvalue weighted by atomic mass is 10.0. The lowest BCUT2D eigenvalue weighted by molar-refractivity contribution is 0.0999. The first-order valence-corrected chi connectivity index (χ1v) is 8.31. The topological polar surface area (TPSA) is 60.4 Å². The highest BCUT2D eigenvalue weighted by Crippen LogP contribution is 2.27. The van der Waals surface area contributed by atoms with Gasteiger partial charge >= 0.3 is 0 Å². The van der Waals surface area contributed by atoms with Crippen molar-refractivity contribution in [1.29, 1.82) is 0 Å². The van der Waals surface area contributed by atoms with Gasteiger partial charge in [0, 0.05) is 11.0 Å². The molecule has 0 unspecified atom stereocenters. The van der Waals surface area contributed by atoms with E-state index in [0.717, 1.165) is 11.0 Å². The van der Waals surface area contributed by atoms with Crippen LogP contribution in [-0.4, -0.2) is 20.8 Å². The third-order valence-electron chi connectivity index (χ3n) is 3.45. The Balaban J connectivity index is 1.99. The highest BCUT2D eigenvalue weighted by atomic mass is 32.2. The molecule has 0 atom stereocenters. The van der Waals surface area contributed by atoms with Crippen molar-refractivity contribution in [3.8, 4) is 5.75 Å². The van der Waals surface area contributed by atoms with Gasteiger partial charge in [0.15, 0.2) is 15.6 Å². The fourth-order valence-corrected chi connectivity index (χ4v) is 3.45. The molecule has 1 aliphatic rings. The summed E-state index contributed by atoms with van der Waals surface area (Å²) in [5.41, 5.74) is 1.50. The summed E-state index contributed by atoms with van der Waals surface area (Å²) in [5, 5.41) is 1.01. The molecule has 112 valence electrons. The molecule has 0 fully saturated rings. The van der Waals surface area contributed by atoms with Crippen LogP contribution in [0.25, 0.3) is 0 Å². The molecule has 3 rings (SSSR count). The van der Waals surface area contributed by atoms with Crippen molar-refractivity contribution >= 4 is 15.6 Å². The summed E-state index contributed by atoms with van der Waals surface area (Å²) < 4.78 is 30.2. The van der Waals surface area contributed by atoms with Crippen LogP contribution in [0, 0.1) is 6.92 Å². The molecule has 2 aromatic carbocycles. The summed E-state index contributed by atoms with van der Waals surface area (Å²) in [6.07, 6.45) is 0. The van der Waals surface area contributed by atoms with Gasteiger partial charge < -0.3 is 4.74 Å². The van der Waals surface area contributed by atoms with Crippen molar-refractivity contribution in [1.82, 2.24) is 0 Å². The molecule has 1 aliphatic heterocycles. The Hall–Kier alpha value is -2.40. The molecule has 22 heavy (non-hydrogen) atoms. The van der Waals surface area contributed by atoms with Gasteiger partial charge in [0.05, 0.1) is 10.5 Å². The van der Waals surface area contributed by atoms with Crippen molar-refractivity contribution in [2.24, 2.45) is 0 Å². The summed E-state index contributed by atoms with van der Waals surface area (Å²) in [7, 11) is -3.67. The molecular weight excluding hydrogens is 300 g/mol. The summed E-state index contributed by atoms with van der Waals surface area (Å²) in [4.78, 5) is 12.5.